The second kappa shape index (κ2) is 9.20. The Bertz CT molecular complexity index is 1270. The summed E-state index contributed by atoms with van der Waals surface area (Å²) in [4.78, 5) is 28.3. The Kier molecular flexibility index (Phi) is 6.08. The van der Waals surface area contributed by atoms with E-state index in [9.17, 15) is 9.59 Å². The molecule has 1 aromatic carbocycles. The number of carbonyl (C=O) groups excluding carboxylic acids is 2. The number of benzene rings is 1. The molecule has 0 spiro atoms. The van der Waals surface area contributed by atoms with Gasteiger partial charge in [0.25, 0.3) is 5.91 Å². The average Bonchev–Trinajstić information content (AvgIpc) is 3.50. The van der Waals surface area contributed by atoms with Gasteiger partial charge in [0.15, 0.2) is 5.69 Å². The van der Waals surface area contributed by atoms with E-state index in [0.29, 0.717) is 31.7 Å². The number of nitrogens with zero attached hydrogens (tertiary/aromatic N) is 5. The lowest BCUT2D eigenvalue weighted by molar-refractivity contribution is -0.135. The van der Waals surface area contributed by atoms with Gasteiger partial charge in [0.2, 0.25) is 5.91 Å². The molecular formula is C26H32N6O3. The normalized spacial score (nSPS) is 16.1. The van der Waals surface area contributed by atoms with Crippen LogP contribution in [0.3, 0.4) is 0 Å². The number of hydrogen-bond donors (Lipinski definition) is 1. The van der Waals surface area contributed by atoms with E-state index in [2.05, 4.69) is 10.4 Å². The van der Waals surface area contributed by atoms with E-state index >= 15 is 0 Å². The number of fused-ring (bicyclic) bond motifs is 1. The van der Waals surface area contributed by atoms with Crippen molar-refractivity contribution < 1.29 is 14.3 Å². The van der Waals surface area contributed by atoms with Crippen LogP contribution in [0.15, 0.2) is 30.3 Å². The van der Waals surface area contributed by atoms with Crippen molar-refractivity contribution in [2.75, 3.05) is 13.7 Å². The van der Waals surface area contributed by atoms with Gasteiger partial charge in [-0.05, 0) is 57.4 Å². The molecule has 2 amide bonds. The minimum Gasteiger partial charge on any atom is -0.497 e. The maximum absolute atomic E-state index is 13.4. The summed E-state index contributed by atoms with van der Waals surface area (Å²) in [6, 6.07) is 9.65. The van der Waals surface area contributed by atoms with Crippen LogP contribution in [-0.2, 0) is 24.3 Å². The van der Waals surface area contributed by atoms with Crippen LogP contribution in [0.1, 0.15) is 64.5 Å². The maximum Gasteiger partial charge on any atom is 0.272 e. The first-order valence-electron chi connectivity index (χ1n) is 12.2. The van der Waals surface area contributed by atoms with Gasteiger partial charge >= 0.3 is 0 Å². The Morgan fingerprint density at radius 3 is 2.69 bits per heavy atom. The summed E-state index contributed by atoms with van der Waals surface area (Å²) in [5.41, 5.74) is 5.16. The molecule has 0 saturated heterocycles. The molecule has 3 heterocycles. The SMILES string of the molecule is COc1cccc(Cn2nc(C(=O)NC3CC3)c3c2CCN(C(=O)C(C)n2nc(C)cc2C)C3)c1. The molecular weight excluding hydrogens is 444 g/mol. The molecule has 0 bridgehead atoms. The van der Waals surface area contributed by atoms with Crippen LogP contribution in [-0.4, -0.2) is 56.0 Å². The maximum atomic E-state index is 13.4. The molecule has 3 aromatic rings. The van der Waals surface area contributed by atoms with Crippen molar-refractivity contribution in [2.45, 2.75) is 65.2 Å². The molecule has 0 radical (unpaired) electrons. The van der Waals surface area contributed by atoms with Gasteiger partial charge in [-0.25, -0.2) is 0 Å². The van der Waals surface area contributed by atoms with E-state index in [1.165, 1.54) is 0 Å². The predicted octanol–water partition coefficient (Wildman–Crippen LogP) is 2.79. The van der Waals surface area contributed by atoms with Gasteiger partial charge in [-0.1, -0.05) is 12.1 Å². The molecule has 1 N–H and O–H groups in total. The third-order valence-corrected chi connectivity index (χ3v) is 6.81. The molecule has 1 fully saturated rings. The largest absolute Gasteiger partial charge is 0.497 e. The molecule has 1 unspecified atom stereocenters. The number of nitrogens with one attached hydrogen (secondary N) is 1. The summed E-state index contributed by atoms with van der Waals surface area (Å²) in [6.07, 6.45) is 2.64. The predicted molar refractivity (Wildman–Crippen MR) is 130 cm³/mol. The topological polar surface area (TPSA) is 94.3 Å². The van der Waals surface area contributed by atoms with Gasteiger partial charge in [0.05, 0.1) is 19.3 Å². The van der Waals surface area contributed by atoms with Crippen LogP contribution in [0.5, 0.6) is 5.75 Å². The molecule has 9 nitrogen and oxygen atoms in total. The average molecular weight is 477 g/mol. The van der Waals surface area contributed by atoms with Crippen molar-refractivity contribution in [2.24, 2.45) is 0 Å². The van der Waals surface area contributed by atoms with Crippen LogP contribution < -0.4 is 10.1 Å². The highest BCUT2D eigenvalue weighted by Gasteiger charge is 2.34. The molecule has 2 aromatic heterocycles. The zero-order chi connectivity index (χ0) is 24.7. The number of aromatic nitrogens is 4. The van der Waals surface area contributed by atoms with E-state index in [0.717, 1.165) is 46.8 Å². The molecule has 9 heteroatoms. The monoisotopic (exact) mass is 476 g/mol. The summed E-state index contributed by atoms with van der Waals surface area (Å²) in [5.74, 6) is 0.620. The first-order valence-corrected chi connectivity index (χ1v) is 12.2. The molecule has 184 valence electrons. The number of hydrogen-bond acceptors (Lipinski definition) is 5. The summed E-state index contributed by atoms with van der Waals surface area (Å²) < 4.78 is 9.06. The lowest BCUT2D eigenvalue weighted by Gasteiger charge is -2.30. The number of rotatable bonds is 7. The Morgan fingerprint density at radius 1 is 1.20 bits per heavy atom. The smallest absolute Gasteiger partial charge is 0.272 e. The second-order valence-corrected chi connectivity index (χ2v) is 9.59. The van der Waals surface area contributed by atoms with Gasteiger partial charge in [-0.15, -0.1) is 0 Å². The molecule has 1 aliphatic heterocycles. The first-order chi connectivity index (χ1) is 16.8. The molecule has 35 heavy (non-hydrogen) atoms. The van der Waals surface area contributed by atoms with Gasteiger partial charge in [-0.3, -0.25) is 19.0 Å². The van der Waals surface area contributed by atoms with Gasteiger partial charge in [-0.2, -0.15) is 10.2 Å². The Morgan fingerprint density at radius 2 is 2.00 bits per heavy atom. The molecule has 1 atom stereocenters. The zero-order valence-electron chi connectivity index (χ0n) is 20.7. The van der Waals surface area contributed by atoms with Crippen LogP contribution in [0.25, 0.3) is 0 Å². The molecule has 1 aliphatic carbocycles. The van der Waals surface area contributed by atoms with E-state index in [-0.39, 0.29) is 17.9 Å². The van der Waals surface area contributed by atoms with Crippen LogP contribution in [0, 0.1) is 13.8 Å². The van der Waals surface area contributed by atoms with Crippen molar-refractivity contribution in [1.29, 1.82) is 0 Å². The van der Waals surface area contributed by atoms with E-state index in [1.54, 1.807) is 11.8 Å². The van der Waals surface area contributed by atoms with E-state index < -0.39 is 6.04 Å². The van der Waals surface area contributed by atoms with Gasteiger partial charge in [0.1, 0.15) is 11.8 Å². The summed E-state index contributed by atoms with van der Waals surface area (Å²) in [7, 11) is 1.65. The fraction of sp³-hybridized carbons (Fsp3) is 0.462. The molecule has 2 aliphatic rings. The number of amides is 2. The molecule has 1 saturated carbocycles. The van der Waals surface area contributed by atoms with Crippen molar-refractivity contribution in [3.8, 4) is 5.75 Å². The molecule has 5 rings (SSSR count). The minimum atomic E-state index is -0.416. The lowest BCUT2D eigenvalue weighted by Crippen LogP contribution is -2.41. The highest BCUT2D eigenvalue weighted by Crippen LogP contribution is 2.27. The standard InChI is InChI=1S/C26H32N6O3/c1-16-12-17(2)32(28-16)18(3)26(34)30-11-10-23-22(15-30)24(25(33)27-20-8-9-20)29-31(23)14-19-6-5-7-21(13-19)35-4/h5-7,12-13,18,20H,8-11,14-15H2,1-4H3,(H,27,33). The number of ether oxygens (including phenoxy) is 1. The number of methoxy groups -OCH3 is 1. The van der Waals surface area contributed by atoms with Crippen molar-refractivity contribution >= 4 is 11.8 Å². The highest BCUT2D eigenvalue weighted by molar-refractivity contribution is 5.94. The van der Waals surface area contributed by atoms with E-state index in [4.69, 9.17) is 9.84 Å². The second-order valence-electron chi connectivity index (χ2n) is 9.59. The van der Waals surface area contributed by atoms with Crippen LogP contribution >= 0.6 is 0 Å². The van der Waals surface area contributed by atoms with Crippen LogP contribution in [0.4, 0.5) is 0 Å². The summed E-state index contributed by atoms with van der Waals surface area (Å²) in [6.45, 7) is 7.24. The van der Waals surface area contributed by atoms with Crippen molar-refractivity contribution in [3.63, 3.8) is 0 Å². The van der Waals surface area contributed by atoms with Crippen molar-refractivity contribution in [1.82, 2.24) is 29.8 Å². The summed E-state index contributed by atoms with van der Waals surface area (Å²) >= 11 is 0. The van der Waals surface area contributed by atoms with Crippen LogP contribution in [0.2, 0.25) is 0 Å². The van der Waals surface area contributed by atoms with E-state index in [1.807, 2.05) is 60.7 Å². The third kappa shape index (κ3) is 4.67. The fourth-order valence-electron chi connectivity index (χ4n) is 4.82. The number of carbonyl (C=O) groups is 2. The quantitative estimate of drug-likeness (QED) is 0.566. The fourth-order valence-corrected chi connectivity index (χ4v) is 4.82. The highest BCUT2D eigenvalue weighted by atomic mass is 16.5. The minimum absolute atomic E-state index is 0.00375. The number of aryl methyl sites for hydroxylation is 2. The lowest BCUT2D eigenvalue weighted by atomic mass is 10.0. The van der Waals surface area contributed by atoms with Gasteiger partial charge in [0, 0.05) is 42.5 Å². The first kappa shape index (κ1) is 23.1. The van der Waals surface area contributed by atoms with Crippen molar-refractivity contribution in [3.05, 3.63) is 64.2 Å². The Hall–Kier alpha value is -3.62. The summed E-state index contributed by atoms with van der Waals surface area (Å²) in [5, 5.41) is 12.3. The van der Waals surface area contributed by atoms with Gasteiger partial charge < -0.3 is 15.0 Å². The third-order valence-electron chi connectivity index (χ3n) is 6.81. The Balaban J connectivity index is 1.43. The Labute approximate surface area is 205 Å². The zero-order valence-corrected chi connectivity index (χ0v) is 20.7.